The molecule has 7 rings (SSSR count). The highest BCUT2D eigenvalue weighted by Gasteiger charge is 2.21. The van der Waals surface area contributed by atoms with Gasteiger partial charge in [-0.3, -0.25) is 9.55 Å². The fraction of sp³-hybridized carbons (Fsp3) is 0. The van der Waals surface area contributed by atoms with Crippen molar-refractivity contribution < 1.29 is 0 Å². The molecule has 0 radical (unpaired) electrons. The normalized spacial score (nSPS) is 11.8. The molecule has 0 N–H and O–H groups in total. The van der Waals surface area contributed by atoms with Crippen LogP contribution in [0.25, 0.3) is 55.1 Å². The molecule has 3 heterocycles. The fourth-order valence-electron chi connectivity index (χ4n) is 4.99. The summed E-state index contributed by atoms with van der Waals surface area (Å²) in [4.78, 5) is 9.04. The van der Waals surface area contributed by atoms with E-state index in [2.05, 4.69) is 110 Å². The molecule has 4 heteroatoms. The highest BCUT2D eigenvalue weighted by atomic mass is 15.1. The molecule has 150 valence electrons. The van der Waals surface area contributed by atoms with Crippen LogP contribution in [-0.4, -0.2) is 19.1 Å². The van der Waals surface area contributed by atoms with E-state index in [4.69, 9.17) is 0 Å². The number of rotatable bonds is 2. The van der Waals surface area contributed by atoms with Crippen molar-refractivity contribution in [3.8, 4) is 11.5 Å². The zero-order valence-electron chi connectivity index (χ0n) is 17.2. The summed E-state index contributed by atoms with van der Waals surface area (Å²) in [6.07, 6.45) is 5.30. The summed E-state index contributed by atoms with van der Waals surface area (Å²) in [5, 5.41) is 4.88. The van der Waals surface area contributed by atoms with Gasteiger partial charge in [0.05, 0.1) is 28.3 Å². The van der Waals surface area contributed by atoms with Gasteiger partial charge in [0, 0.05) is 39.6 Å². The average molecular weight is 410 g/mol. The minimum atomic E-state index is 0.816. The van der Waals surface area contributed by atoms with E-state index in [0.29, 0.717) is 0 Å². The lowest BCUT2D eigenvalue weighted by molar-refractivity contribution is 1.04. The Kier molecular flexibility index (Phi) is 3.52. The third-order valence-electron chi connectivity index (χ3n) is 6.26. The Morgan fingerprint density at radius 1 is 0.500 bits per heavy atom. The third-order valence-corrected chi connectivity index (χ3v) is 6.26. The Morgan fingerprint density at radius 3 is 1.75 bits per heavy atom. The van der Waals surface area contributed by atoms with Gasteiger partial charge in [0.2, 0.25) is 0 Å². The summed E-state index contributed by atoms with van der Waals surface area (Å²) in [6, 6.07) is 32.2. The molecule has 0 saturated heterocycles. The van der Waals surface area contributed by atoms with Crippen molar-refractivity contribution in [2.75, 3.05) is 0 Å². The van der Waals surface area contributed by atoms with Crippen LogP contribution in [0.15, 0.2) is 110 Å². The van der Waals surface area contributed by atoms with Crippen molar-refractivity contribution >= 4 is 43.6 Å². The monoisotopic (exact) mass is 410 g/mol. The molecule has 7 aromatic rings. The molecular formula is C28H18N4. The van der Waals surface area contributed by atoms with Crippen LogP contribution in [0.1, 0.15) is 0 Å². The lowest BCUT2D eigenvalue weighted by atomic mass is 10.1. The van der Waals surface area contributed by atoms with Gasteiger partial charge in [-0.25, -0.2) is 4.98 Å². The maximum atomic E-state index is 4.68. The van der Waals surface area contributed by atoms with Crippen LogP contribution in [-0.2, 0) is 0 Å². The molecule has 0 aliphatic rings. The summed E-state index contributed by atoms with van der Waals surface area (Å²) >= 11 is 0. The van der Waals surface area contributed by atoms with Crippen LogP contribution in [0.4, 0.5) is 0 Å². The van der Waals surface area contributed by atoms with Crippen molar-refractivity contribution in [1.82, 2.24) is 19.1 Å². The summed E-state index contributed by atoms with van der Waals surface area (Å²) in [6.45, 7) is 0. The average Bonchev–Trinajstić information content (AvgIpc) is 3.38. The zero-order valence-corrected chi connectivity index (χ0v) is 17.2. The van der Waals surface area contributed by atoms with Gasteiger partial charge in [-0.05, 0) is 24.3 Å². The fourth-order valence-corrected chi connectivity index (χ4v) is 4.99. The number of benzene rings is 4. The lowest BCUT2D eigenvalue weighted by Gasteiger charge is -2.11. The van der Waals surface area contributed by atoms with E-state index in [9.17, 15) is 0 Å². The molecule has 0 bridgehead atoms. The van der Waals surface area contributed by atoms with E-state index in [0.717, 1.165) is 22.5 Å². The molecule has 0 aliphatic heterocycles. The smallest absolute Gasteiger partial charge is 0.156 e. The first-order valence-electron chi connectivity index (χ1n) is 10.7. The number of nitrogens with zero attached hydrogens (tertiary/aromatic N) is 4. The van der Waals surface area contributed by atoms with E-state index in [1.807, 2.05) is 6.20 Å². The van der Waals surface area contributed by atoms with Gasteiger partial charge in [0.15, 0.2) is 5.82 Å². The Bertz CT molecular complexity index is 1630. The first kappa shape index (κ1) is 17.3. The highest BCUT2D eigenvalue weighted by molar-refractivity contribution is 6.23. The van der Waals surface area contributed by atoms with Crippen LogP contribution in [0.2, 0.25) is 0 Å². The Balaban J connectivity index is 1.81. The van der Waals surface area contributed by atoms with E-state index in [1.54, 1.807) is 12.4 Å². The molecule has 0 atom stereocenters. The van der Waals surface area contributed by atoms with Crippen LogP contribution in [0.3, 0.4) is 0 Å². The Labute approximate surface area is 184 Å². The molecule has 0 spiro atoms. The van der Waals surface area contributed by atoms with E-state index in [1.165, 1.54) is 32.6 Å². The molecular weight excluding hydrogens is 392 g/mol. The minimum absolute atomic E-state index is 0.816. The molecule has 4 aromatic carbocycles. The van der Waals surface area contributed by atoms with E-state index >= 15 is 0 Å². The van der Waals surface area contributed by atoms with Gasteiger partial charge in [-0.2, -0.15) is 0 Å². The lowest BCUT2D eigenvalue weighted by Crippen LogP contribution is -2.00. The first-order valence-corrected chi connectivity index (χ1v) is 10.7. The number of fused-ring (bicyclic) bond motifs is 7. The van der Waals surface area contributed by atoms with Crippen molar-refractivity contribution in [2.45, 2.75) is 0 Å². The molecule has 0 amide bonds. The molecule has 0 fully saturated rings. The number of aromatic nitrogens is 4. The van der Waals surface area contributed by atoms with Crippen LogP contribution in [0, 0.1) is 0 Å². The summed E-state index contributed by atoms with van der Waals surface area (Å²) in [5.41, 5.74) is 5.78. The summed E-state index contributed by atoms with van der Waals surface area (Å²) < 4.78 is 4.62. The van der Waals surface area contributed by atoms with Gasteiger partial charge in [-0.1, -0.05) is 66.7 Å². The molecule has 32 heavy (non-hydrogen) atoms. The quantitative estimate of drug-likeness (QED) is 0.319. The second kappa shape index (κ2) is 6.53. The molecule has 3 aromatic heterocycles. The van der Waals surface area contributed by atoms with Crippen LogP contribution < -0.4 is 0 Å². The van der Waals surface area contributed by atoms with Gasteiger partial charge in [0.25, 0.3) is 0 Å². The topological polar surface area (TPSA) is 35.6 Å². The largest absolute Gasteiger partial charge is 0.307 e. The van der Waals surface area contributed by atoms with Gasteiger partial charge >= 0.3 is 0 Å². The first-order chi connectivity index (χ1) is 15.9. The second-order valence-corrected chi connectivity index (χ2v) is 7.96. The van der Waals surface area contributed by atoms with Gasteiger partial charge < -0.3 is 4.57 Å². The minimum Gasteiger partial charge on any atom is -0.307 e. The van der Waals surface area contributed by atoms with E-state index < -0.39 is 0 Å². The standard InChI is InChI=1S/C28H18N4/c1-2-8-19(9-3-1)31-24-12-6-4-10-20(24)22-14-15-23-21-11-5-7-13-25(21)32(28(23)27(22)31)26-18-29-16-17-30-26/h1-18H. The highest BCUT2D eigenvalue weighted by Crippen LogP contribution is 2.41. The Hall–Kier alpha value is -4.44. The molecule has 0 aliphatic carbocycles. The van der Waals surface area contributed by atoms with Crippen molar-refractivity contribution in [2.24, 2.45) is 0 Å². The van der Waals surface area contributed by atoms with Crippen molar-refractivity contribution in [3.63, 3.8) is 0 Å². The van der Waals surface area contributed by atoms with Crippen molar-refractivity contribution in [1.29, 1.82) is 0 Å². The summed E-state index contributed by atoms with van der Waals surface area (Å²) in [7, 11) is 0. The van der Waals surface area contributed by atoms with Gasteiger partial charge in [-0.15, -0.1) is 0 Å². The SMILES string of the molecule is c1ccc(-n2c3ccccc3c3ccc4c5ccccc5n(-c5cnccn5)c4c32)cc1. The molecule has 0 unspecified atom stereocenters. The molecule has 4 nitrogen and oxygen atoms in total. The van der Waals surface area contributed by atoms with E-state index in [-0.39, 0.29) is 0 Å². The summed E-state index contributed by atoms with van der Waals surface area (Å²) in [5.74, 6) is 0.816. The number of para-hydroxylation sites is 3. The van der Waals surface area contributed by atoms with Crippen LogP contribution >= 0.6 is 0 Å². The predicted octanol–water partition coefficient (Wildman–Crippen LogP) is 6.67. The number of hydrogen-bond donors (Lipinski definition) is 0. The maximum absolute atomic E-state index is 4.68. The zero-order chi connectivity index (χ0) is 21.1. The predicted molar refractivity (Wildman–Crippen MR) is 131 cm³/mol. The maximum Gasteiger partial charge on any atom is 0.156 e. The van der Waals surface area contributed by atoms with Gasteiger partial charge in [0.1, 0.15) is 0 Å². The number of hydrogen-bond acceptors (Lipinski definition) is 2. The van der Waals surface area contributed by atoms with Crippen LogP contribution in [0.5, 0.6) is 0 Å². The third kappa shape index (κ3) is 2.26. The second-order valence-electron chi connectivity index (χ2n) is 7.96. The Morgan fingerprint density at radius 2 is 1.09 bits per heavy atom. The molecule has 0 saturated carbocycles. The van der Waals surface area contributed by atoms with Crippen molar-refractivity contribution in [3.05, 3.63) is 110 Å².